The molecule has 0 radical (unpaired) electrons. The lowest BCUT2D eigenvalue weighted by atomic mass is 10.0. The number of halogens is 1. The highest BCUT2D eigenvalue weighted by Gasteiger charge is 2.17. The summed E-state index contributed by atoms with van der Waals surface area (Å²) in [6.45, 7) is 5.27. The lowest BCUT2D eigenvalue weighted by molar-refractivity contribution is 0.344. The normalized spacial score (nSPS) is 13.4. The molecule has 0 amide bonds. The van der Waals surface area contributed by atoms with E-state index in [-0.39, 0.29) is 11.3 Å². The van der Waals surface area contributed by atoms with Crippen LogP contribution in [0.1, 0.15) is 13.8 Å². The van der Waals surface area contributed by atoms with E-state index >= 15 is 0 Å². The van der Waals surface area contributed by atoms with Gasteiger partial charge in [0.25, 0.3) is 0 Å². The van der Waals surface area contributed by atoms with Crippen molar-refractivity contribution < 1.29 is 0 Å². The summed E-state index contributed by atoms with van der Waals surface area (Å²) >= 11 is 5.93. The largest absolute Gasteiger partial charge is 0.365 e. The fraction of sp³-hybridized carbons (Fsp3) is 0.583. The standard InChI is InChI=1S/C12H19ClN6/c1-7(2)9(6-19(3)4)15-10-8-5-14-18-11(8)17-12(13)16-10/h5,7,9H,6H2,1-4H3,(H2,14,15,16,17,18). The third-order valence-corrected chi connectivity index (χ3v) is 3.14. The Labute approximate surface area is 117 Å². The maximum atomic E-state index is 5.93. The third-order valence-electron chi connectivity index (χ3n) is 2.97. The summed E-state index contributed by atoms with van der Waals surface area (Å²) in [4.78, 5) is 10.5. The number of hydrogen-bond acceptors (Lipinski definition) is 5. The van der Waals surface area contributed by atoms with Gasteiger partial charge in [-0.1, -0.05) is 13.8 Å². The molecule has 19 heavy (non-hydrogen) atoms. The van der Waals surface area contributed by atoms with Crippen molar-refractivity contribution in [3.05, 3.63) is 11.5 Å². The Kier molecular flexibility index (Phi) is 4.21. The zero-order valence-corrected chi connectivity index (χ0v) is 12.4. The van der Waals surface area contributed by atoms with Gasteiger partial charge in [0.1, 0.15) is 5.82 Å². The van der Waals surface area contributed by atoms with Gasteiger partial charge in [-0.25, -0.2) is 0 Å². The van der Waals surface area contributed by atoms with E-state index < -0.39 is 0 Å². The fourth-order valence-corrected chi connectivity index (χ4v) is 2.08. The number of hydrogen-bond donors (Lipinski definition) is 2. The molecular weight excluding hydrogens is 264 g/mol. The van der Waals surface area contributed by atoms with Crippen molar-refractivity contribution in [3.8, 4) is 0 Å². The van der Waals surface area contributed by atoms with Crippen LogP contribution in [0.3, 0.4) is 0 Å². The average Bonchev–Trinajstić information content (AvgIpc) is 2.75. The summed E-state index contributed by atoms with van der Waals surface area (Å²) in [5.41, 5.74) is 0.648. The van der Waals surface area contributed by atoms with Crippen LogP contribution in [0.25, 0.3) is 11.0 Å². The van der Waals surface area contributed by atoms with Crippen molar-refractivity contribution in [3.63, 3.8) is 0 Å². The number of aromatic amines is 1. The van der Waals surface area contributed by atoms with E-state index in [1.54, 1.807) is 6.20 Å². The second kappa shape index (κ2) is 5.71. The molecule has 2 aromatic heterocycles. The summed E-state index contributed by atoms with van der Waals surface area (Å²) in [5.74, 6) is 1.20. The Morgan fingerprint density at radius 1 is 1.37 bits per heavy atom. The molecular formula is C12H19ClN6. The molecule has 0 saturated heterocycles. The average molecular weight is 283 g/mol. The van der Waals surface area contributed by atoms with Gasteiger partial charge in [0.05, 0.1) is 11.6 Å². The van der Waals surface area contributed by atoms with Crippen LogP contribution in [-0.4, -0.2) is 51.7 Å². The Balaban J connectivity index is 2.30. The lowest BCUT2D eigenvalue weighted by Gasteiger charge is -2.26. The predicted molar refractivity (Wildman–Crippen MR) is 77.5 cm³/mol. The summed E-state index contributed by atoms with van der Waals surface area (Å²) < 4.78 is 0. The first-order valence-corrected chi connectivity index (χ1v) is 6.63. The highest BCUT2D eigenvalue weighted by molar-refractivity contribution is 6.28. The van der Waals surface area contributed by atoms with Gasteiger partial charge >= 0.3 is 0 Å². The molecule has 1 atom stereocenters. The molecule has 0 spiro atoms. The van der Waals surface area contributed by atoms with Crippen LogP contribution in [0, 0.1) is 5.92 Å². The number of nitrogens with zero attached hydrogens (tertiary/aromatic N) is 4. The highest BCUT2D eigenvalue weighted by Crippen LogP contribution is 2.22. The maximum Gasteiger partial charge on any atom is 0.226 e. The topological polar surface area (TPSA) is 69.7 Å². The van der Waals surface area contributed by atoms with Crippen molar-refractivity contribution in [2.45, 2.75) is 19.9 Å². The second-order valence-corrected chi connectivity index (χ2v) is 5.57. The van der Waals surface area contributed by atoms with E-state index in [4.69, 9.17) is 11.6 Å². The van der Waals surface area contributed by atoms with Crippen LogP contribution >= 0.6 is 11.6 Å². The summed E-state index contributed by atoms with van der Waals surface area (Å²) in [6, 6.07) is 0.277. The van der Waals surface area contributed by atoms with E-state index in [1.165, 1.54) is 0 Å². The van der Waals surface area contributed by atoms with Crippen LogP contribution in [0.2, 0.25) is 5.28 Å². The summed E-state index contributed by atoms with van der Waals surface area (Å²) in [5, 5.41) is 11.3. The fourth-order valence-electron chi connectivity index (χ4n) is 1.91. The minimum Gasteiger partial charge on any atom is -0.365 e. The van der Waals surface area contributed by atoms with E-state index in [0.717, 1.165) is 17.7 Å². The van der Waals surface area contributed by atoms with Gasteiger partial charge in [0, 0.05) is 12.6 Å². The Bertz CT molecular complexity index is 550. The third kappa shape index (κ3) is 3.33. The summed E-state index contributed by atoms with van der Waals surface area (Å²) in [7, 11) is 4.11. The molecule has 0 fully saturated rings. The molecule has 0 aliphatic heterocycles. The van der Waals surface area contributed by atoms with Crippen molar-refractivity contribution in [1.82, 2.24) is 25.1 Å². The molecule has 2 rings (SSSR count). The Hall–Kier alpha value is -1.40. The van der Waals surface area contributed by atoms with Crippen LogP contribution in [0.15, 0.2) is 6.20 Å². The molecule has 0 bridgehead atoms. The number of likely N-dealkylation sites (N-methyl/N-ethyl adjacent to an activating group) is 1. The van der Waals surface area contributed by atoms with Crippen LogP contribution in [0.5, 0.6) is 0 Å². The first-order chi connectivity index (χ1) is 8.97. The minimum atomic E-state index is 0.214. The molecule has 2 N–H and O–H groups in total. The van der Waals surface area contributed by atoms with Crippen molar-refractivity contribution >= 4 is 28.5 Å². The number of aromatic nitrogens is 4. The molecule has 0 aliphatic carbocycles. The van der Waals surface area contributed by atoms with Crippen LogP contribution < -0.4 is 5.32 Å². The number of nitrogens with one attached hydrogen (secondary N) is 2. The minimum absolute atomic E-state index is 0.214. The van der Waals surface area contributed by atoms with Gasteiger partial charge < -0.3 is 10.2 Å². The molecule has 7 heteroatoms. The first-order valence-electron chi connectivity index (χ1n) is 6.25. The second-order valence-electron chi connectivity index (χ2n) is 5.23. The van der Waals surface area contributed by atoms with Gasteiger partial charge in [-0.15, -0.1) is 0 Å². The summed E-state index contributed by atoms with van der Waals surface area (Å²) in [6.07, 6.45) is 1.71. The van der Waals surface area contributed by atoms with E-state index in [2.05, 4.69) is 58.3 Å². The molecule has 2 aromatic rings. The van der Waals surface area contributed by atoms with Gasteiger partial charge in [-0.2, -0.15) is 15.1 Å². The van der Waals surface area contributed by atoms with E-state index in [1.807, 2.05) is 0 Å². The monoisotopic (exact) mass is 282 g/mol. The molecule has 0 aliphatic rings. The molecule has 104 valence electrons. The van der Waals surface area contributed by atoms with E-state index in [0.29, 0.717) is 11.6 Å². The number of H-pyrrole nitrogens is 1. The number of fused-ring (bicyclic) bond motifs is 1. The number of rotatable bonds is 5. The van der Waals surface area contributed by atoms with Gasteiger partial charge in [0.2, 0.25) is 5.28 Å². The molecule has 0 aromatic carbocycles. The smallest absolute Gasteiger partial charge is 0.226 e. The quantitative estimate of drug-likeness (QED) is 0.821. The van der Waals surface area contributed by atoms with Gasteiger partial charge in [0.15, 0.2) is 5.65 Å². The van der Waals surface area contributed by atoms with Crippen LogP contribution in [-0.2, 0) is 0 Å². The van der Waals surface area contributed by atoms with Gasteiger partial charge in [-0.05, 0) is 31.6 Å². The Morgan fingerprint density at radius 3 is 2.74 bits per heavy atom. The molecule has 6 nitrogen and oxygen atoms in total. The molecule has 1 unspecified atom stereocenters. The van der Waals surface area contributed by atoms with E-state index in [9.17, 15) is 0 Å². The highest BCUT2D eigenvalue weighted by atomic mass is 35.5. The van der Waals surface area contributed by atoms with Crippen LogP contribution in [0.4, 0.5) is 5.82 Å². The van der Waals surface area contributed by atoms with Gasteiger partial charge in [-0.3, -0.25) is 5.10 Å². The zero-order valence-electron chi connectivity index (χ0n) is 11.6. The van der Waals surface area contributed by atoms with Crippen molar-refractivity contribution in [2.24, 2.45) is 5.92 Å². The molecule has 2 heterocycles. The number of anilines is 1. The maximum absolute atomic E-state index is 5.93. The van der Waals surface area contributed by atoms with Crippen molar-refractivity contribution in [2.75, 3.05) is 26.0 Å². The first kappa shape index (κ1) is 14.0. The Morgan fingerprint density at radius 2 is 2.11 bits per heavy atom. The molecule has 0 saturated carbocycles. The lowest BCUT2D eigenvalue weighted by Crippen LogP contribution is -2.36. The SMILES string of the molecule is CC(C)C(CN(C)C)Nc1nc(Cl)nc2[nH]ncc12. The zero-order chi connectivity index (χ0) is 14.0. The van der Waals surface area contributed by atoms with Crippen molar-refractivity contribution in [1.29, 1.82) is 0 Å². The predicted octanol–water partition coefficient (Wildman–Crippen LogP) is 2.00.